The van der Waals surface area contributed by atoms with Crippen LogP contribution in [-0.4, -0.2) is 43.6 Å². The lowest BCUT2D eigenvalue weighted by molar-refractivity contribution is 0.0713. The Morgan fingerprint density at radius 1 is 1.16 bits per heavy atom. The molecule has 162 valence electrons. The van der Waals surface area contributed by atoms with Gasteiger partial charge in [-0.2, -0.15) is 0 Å². The number of thiazole rings is 1. The third-order valence-corrected chi connectivity index (χ3v) is 7.05. The standard InChI is InChI=1S/C23H25N3O3S2/c1-16-6-7-20(13-21(16)25-31(2,28)29)23(27)26-10-8-17(9-11-26)18-4-3-5-19(12-18)22-14-24-15-30-22/h3-7,12-15,17,25H,8-11H2,1-2H3. The van der Waals surface area contributed by atoms with Gasteiger partial charge in [0.15, 0.2) is 0 Å². The van der Waals surface area contributed by atoms with Gasteiger partial charge in [0, 0.05) is 24.8 Å². The molecule has 2 heterocycles. The Labute approximate surface area is 187 Å². The topological polar surface area (TPSA) is 79.4 Å². The van der Waals surface area contributed by atoms with Crippen molar-refractivity contribution in [2.45, 2.75) is 25.7 Å². The second kappa shape index (κ2) is 8.80. The fourth-order valence-electron chi connectivity index (χ4n) is 3.97. The summed E-state index contributed by atoms with van der Waals surface area (Å²) in [6, 6.07) is 13.8. The van der Waals surface area contributed by atoms with Gasteiger partial charge in [0.2, 0.25) is 10.0 Å². The minimum absolute atomic E-state index is 0.0617. The van der Waals surface area contributed by atoms with Gasteiger partial charge in [0.25, 0.3) is 5.91 Å². The Bertz CT molecular complexity index is 1180. The van der Waals surface area contributed by atoms with Crippen molar-refractivity contribution >= 4 is 33.0 Å². The molecule has 1 aliphatic heterocycles. The molecule has 8 heteroatoms. The fraction of sp³-hybridized carbons (Fsp3) is 0.304. The molecule has 1 aliphatic rings. The number of aromatic nitrogens is 1. The maximum atomic E-state index is 13.0. The van der Waals surface area contributed by atoms with Gasteiger partial charge in [-0.25, -0.2) is 8.42 Å². The molecule has 0 saturated carbocycles. The summed E-state index contributed by atoms with van der Waals surface area (Å²) < 4.78 is 25.7. The zero-order chi connectivity index (χ0) is 22.0. The lowest BCUT2D eigenvalue weighted by Crippen LogP contribution is -2.38. The van der Waals surface area contributed by atoms with Crippen LogP contribution in [0.25, 0.3) is 10.4 Å². The first kappa shape index (κ1) is 21.5. The highest BCUT2D eigenvalue weighted by Crippen LogP contribution is 2.32. The predicted octanol–water partition coefficient (Wildman–Crippen LogP) is 4.51. The number of nitrogens with one attached hydrogen (secondary N) is 1. The molecule has 4 rings (SSSR count). The van der Waals surface area contributed by atoms with Crippen molar-refractivity contribution in [1.29, 1.82) is 0 Å². The molecule has 0 aliphatic carbocycles. The van der Waals surface area contributed by atoms with E-state index in [0.717, 1.165) is 29.5 Å². The largest absolute Gasteiger partial charge is 0.339 e. The summed E-state index contributed by atoms with van der Waals surface area (Å²) in [6.45, 7) is 3.17. The molecule has 1 saturated heterocycles. The molecule has 1 fully saturated rings. The minimum Gasteiger partial charge on any atom is -0.339 e. The molecule has 0 radical (unpaired) electrons. The molecule has 3 aromatic rings. The molecule has 1 amide bonds. The first-order valence-corrected chi connectivity index (χ1v) is 12.9. The van der Waals surface area contributed by atoms with E-state index in [1.165, 1.54) is 11.1 Å². The van der Waals surface area contributed by atoms with Crippen molar-refractivity contribution in [3.05, 3.63) is 70.9 Å². The number of likely N-dealkylation sites (tertiary alicyclic amines) is 1. The number of sulfonamides is 1. The lowest BCUT2D eigenvalue weighted by atomic mass is 9.88. The van der Waals surface area contributed by atoms with Crippen LogP contribution in [0.15, 0.2) is 54.2 Å². The average Bonchev–Trinajstić information content (AvgIpc) is 3.29. The molecule has 1 N–H and O–H groups in total. The van der Waals surface area contributed by atoms with Crippen molar-refractivity contribution in [3.63, 3.8) is 0 Å². The molecule has 0 spiro atoms. The Balaban J connectivity index is 1.44. The van der Waals surface area contributed by atoms with Crippen LogP contribution in [0.4, 0.5) is 5.69 Å². The van der Waals surface area contributed by atoms with Crippen molar-refractivity contribution in [1.82, 2.24) is 9.88 Å². The predicted molar refractivity (Wildman–Crippen MR) is 125 cm³/mol. The monoisotopic (exact) mass is 455 g/mol. The lowest BCUT2D eigenvalue weighted by Gasteiger charge is -2.32. The third-order valence-electron chi connectivity index (χ3n) is 5.64. The third kappa shape index (κ3) is 5.14. The molecule has 0 unspecified atom stereocenters. The first-order chi connectivity index (χ1) is 14.8. The number of nitrogens with zero attached hydrogens (tertiary/aromatic N) is 2. The van der Waals surface area contributed by atoms with Gasteiger partial charge in [-0.3, -0.25) is 14.5 Å². The minimum atomic E-state index is -3.40. The number of hydrogen-bond donors (Lipinski definition) is 1. The van der Waals surface area contributed by atoms with Gasteiger partial charge in [0.05, 0.1) is 22.3 Å². The number of carbonyl (C=O) groups is 1. The molecule has 0 bridgehead atoms. The van der Waals surface area contributed by atoms with Gasteiger partial charge >= 0.3 is 0 Å². The number of amides is 1. The maximum Gasteiger partial charge on any atom is 0.253 e. The van der Waals surface area contributed by atoms with Crippen LogP contribution in [0, 0.1) is 6.92 Å². The van der Waals surface area contributed by atoms with Gasteiger partial charge in [-0.15, -0.1) is 11.3 Å². The van der Waals surface area contributed by atoms with Crippen molar-refractivity contribution < 1.29 is 13.2 Å². The highest BCUT2D eigenvalue weighted by molar-refractivity contribution is 7.92. The molecule has 0 atom stereocenters. The van der Waals surface area contributed by atoms with Crippen LogP contribution in [0.5, 0.6) is 0 Å². The second-order valence-electron chi connectivity index (χ2n) is 7.96. The molecule has 2 aromatic carbocycles. The Morgan fingerprint density at radius 3 is 2.61 bits per heavy atom. The number of carbonyl (C=O) groups excluding carboxylic acids is 1. The SMILES string of the molecule is Cc1ccc(C(=O)N2CCC(c3cccc(-c4cncs4)c3)CC2)cc1NS(C)(=O)=O. The van der Waals surface area contributed by atoms with Crippen molar-refractivity contribution in [2.75, 3.05) is 24.1 Å². The molecule has 1 aromatic heterocycles. The molecular weight excluding hydrogens is 430 g/mol. The van der Waals surface area contributed by atoms with Crippen LogP contribution < -0.4 is 4.72 Å². The van der Waals surface area contributed by atoms with E-state index in [-0.39, 0.29) is 5.91 Å². The number of anilines is 1. The van der Waals surface area contributed by atoms with Crippen LogP contribution in [-0.2, 0) is 10.0 Å². The van der Waals surface area contributed by atoms with Crippen molar-refractivity contribution in [2.24, 2.45) is 0 Å². The Hall–Kier alpha value is -2.71. The van der Waals surface area contributed by atoms with Gasteiger partial charge in [0.1, 0.15) is 0 Å². The van der Waals surface area contributed by atoms with E-state index >= 15 is 0 Å². The van der Waals surface area contributed by atoms with Crippen molar-refractivity contribution in [3.8, 4) is 10.4 Å². The molecule has 31 heavy (non-hydrogen) atoms. The van der Waals surface area contributed by atoms with Crippen LogP contribution >= 0.6 is 11.3 Å². The zero-order valence-corrected chi connectivity index (χ0v) is 19.2. The van der Waals surface area contributed by atoms with E-state index in [1.54, 1.807) is 29.5 Å². The van der Waals surface area contributed by atoms with Gasteiger partial charge in [-0.1, -0.05) is 30.3 Å². The second-order valence-corrected chi connectivity index (χ2v) is 10.6. The van der Waals surface area contributed by atoms with Crippen LogP contribution in [0.3, 0.4) is 0 Å². The number of hydrogen-bond acceptors (Lipinski definition) is 5. The average molecular weight is 456 g/mol. The van der Waals surface area contributed by atoms with Crippen LogP contribution in [0.1, 0.15) is 40.2 Å². The number of rotatable bonds is 5. The number of benzene rings is 2. The first-order valence-electron chi connectivity index (χ1n) is 10.2. The van der Waals surface area contributed by atoms with Gasteiger partial charge < -0.3 is 4.90 Å². The van der Waals surface area contributed by atoms with Gasteiger partial charge in [-0.05, 0) is 54.5 Å². The normalized spacial score (nSPS) is 15.1. The summed E-state index contributed by atoms with van der Waals surface area (Å²) >= 11 is 1.63. The van der Waals surface area contributed by atoms with E-state index in [2.05, 4.69) is 34.0 Å². The highest BCUT2D eigenvalue weighted by atomic mass is 32.2. The smallest absolute Gasteiger partial charge is 0.253 e. The van der Waals surface area contributed by atoms with E-state index in [4.69, 9.17) is 0 Å². The summed E-state index contributed by atoms with van der Waals surface area (Å²) in [5.41, 5.74) is 6.05. The summed E-state index contributed by atoms with van der Waals surface area (Å²) in [7, 11) is -3.40. The summed E-state index contributed by atoms with van der Waals surface area (Å²) in [5.74, 6) is 0.353. The fourth-order valence-corrected chi connectivity index (χ4v) is 5.21. The number of aryl methyl sites for hydroxylation is 1. The summed E-state index contributed by atoms with van der Waals surface area (Å²) in [5, 5.41) is 0. The Kier molecular flexibility index (Phi) is 6.11. The van der Waals surface area contributed by atoms with E-state index in [9.17, 15) is 13.2 Å². The van der Waals surface area contributed by atoms with E-state index < -0.39 is 10.0 Å². The molecule has 6 nitrogen and oxygen atoms in total. The van der Waals surface area contributed by atoms with E-state index in [1.807, 2.05) is 23.5 Å². The highest BCUT2D eigenvalue weighted by Gasteiger charge is 2.25. The quantitative estimate of drug-likeness (QED) is 0.614. The maximum absolute atomic E-state index is 13.0. The summed E-state index contributed by atoms with van der Waals surface area (Å²) in [6.07, 6.45) is 4.80. The number of piperidine rings is 1. The Morgan fingerprint density at radius 2 is 1.94 bits per heavy atom. The van der Waals surface area contributed by atoms with Crippen LogP contribution in [0.2, 0.25) is 0 Å². The van der Waals surface area contributed by atoms with E-state index in [0.29, 0.717) is 30.3 Å². The summed E-state index contributed by atoms with van der Waals surface area (Å²) in [4.78, 5) is 20.2. The molecular formula is C23H25N3O3S2. The zero-order valence-electron chi connectivity index (χ0n) is 17.5.